The highest BCUT2D eigenvalue weighted by Gasteiger charge is 2.43. The minimum Gasteiger partial charge on any atom is -0.469 e. The van der Waals surface area contributed by atoms with Gasteiger partial charge in [0.05, 0.1) is 29.4 Å². The fourth-order valence-corrected chi connectivity index (χ4v) is 6.06. The highest BCUT2D eigenvalue weighted by atomic mass is 35.5. The highest BCUT2D eigenvalue weighted by molar-refractivity contribution is 6.31. The van der Waals surface area contributed by atoms with E-state index in [4.69, 9.17) is 25.2 Å². The largest absolute Gasteiger partial charge is 0.469 e. The number of esters is 1. The summed E-state index contributed by atoms with van der Waals surface area (Å²) >= 11 is 6.18. The van der Waals surface area contributed by atoms with Crippen LogP contribution in [0.1, 0.15) is 68.6 Å². The van der Waals surface area contributed by atoms with Gasteiger partial charge in [-0.15, -0.1) is 0 Å². The van der Waals surface area contributed by atoms with E-state index in [1.54, 1.807) is 37.5 Å². The smallest absolute Gasteiger partial charge is 0.337 e. The number of benzene rings is 1. The summed E-state index contributed by atoms with van der Waals surface area (Å²) in [4.78, 5) is 41.1. The van der Waals surface area contributed by atoms with E-state index >= 15 is 0 Å². The van der Waals surface area contributed by atoms with Crippen molar-refractivity contribution in [1.29, 1.82) is 0 Å². The minimum atomic E-state index is -0.908. The molecule has 8 heteroatoms. The Hall–Kier alpha value is -3.58. The number of fused-ring (bicyclic) bond motifs is 1. The van der Waals surface area contributed by atoms with E-state index < -0.39 is 11.9 Å². The fourth-order valence-electron chi connectivity index (χ4n) is 5.88. The molecule has 3 aliphatic rings. The lowest BCUT2D eigenvalue weighted by Crippen LogP contribution is -2.38. The maximum absolute atomic E-state index is 13.8. The number of nitrogens with one attached hydrogen (secondary N) is 1. The molecule has 0 unspecified atom stereocenters. The first-order valence-electron chi connectivity index (χ1n) is 12.6. The number of hydrogen-bond donors (Lipinski definition) is 1. The van der Waals surface area contributed by atoms with Crippen molar-refractivity contribution in [3.05, 3.63) is 92.0 Å². The molecule has 0 bridgehead atoms. The van der Waals surface area contributed by atoms with Crippen molar-refractivity contribution in [3.63, 3.8) is 0 Å². The fraction of sp³-hybridized carbons (Fsp3) is 0.345. The number of carbonyl (C=O) groups is 2. The van der Waals surface area contributed by atoms with E-state index in [9.17, 15) is 14.4 Å². The number of hydrogen-bond acceptors (Lipinski definition) is 7. The number of ketones is 1. The van der Waals surface area contributed by atoms with Gasteiger partial charge < -0.3 is 18.9 Å². The minimum absolute atomic E-state index is 0.138. The average Bonchev–Trinajstić information content (AvgIpc) is 3.58. The summed E-state index contributed by atoms with van der Waals surface area (Å²) in [7, 11) is 0. The first-order chi connectivity index (χ1) is 17.9. The summed E-state index contributed by atoms with van der Waals surface area (Å²) in [6.07, 6.45) is 7.15. The maximum Gasteiger partial charge on any atom is 0.337 e. The third kappa shape index (κ3) is 4.21. The number of rotatable bonds is 4. The number of furan rings is 1. The molecule has 6 rings (SSSR count). The van der Waals surface area contributed by atoms with Crippen molar-refractivity contribution in [2.45, 2.75) is 63.4 Å². The van der Waals surface area contributed by atoms with Crippen LogP contribution in [-0.4, -0.2) is 17.9 Å². The zero-order valence-corrected chi connectivity index (χ0v) is 21.1. The Kier molecular flexibility index (Phi) is 6.03. The standard InChI is InChI=1S/C29H26ClNO6/c1-15-25(29(34)37-18-5-2-3-6-18)26(20-14-36-24-9-8-17(30)13-19(24)28(20)33)27-21(31-15)11-16(12-22(27)32)23-7-4-10-35-23/h4,7-10,13-14,16,18,26,31H,2-3,5-6,11-12H2,1H3/t16-,26+/m1/s1. The molecule has 2 aromatic heterocycles. The molecule has 0 amide bonds. The maximum atomic E-state index is 13.8. The second-order valence-corrected chi connectivity index (χ2v) is 10.4. The summed E-state index contributed by atoms with van der Waals surface area (Å²) in [6, 6.07) is 8.48. The molecule has 0 spiro atoms. The van der Waals surface area contributed by atoms with E-state index in [-0.39, 0.29) is 40.8 Å². The molecule has 37 heavy (non-hydrogen) atoms. The molecular formula is C29H26ClNO6. The summed E-state index contributed by atoms with van der Waals surface area (Å²) < 4.78 is 17.3. The number of Topliss-reactive ketones (excluding diaryl/α,β-unsaturated/α-hetero) is 1. The van der Waals surface area contributed by atoms with Crippen molar-refractivity contribution < 1.29 is 23.2 Å². The lowest BCUT2D eigenvalue weighted by atomic mass is 9.72. The van der Waals surface area contributed by atoms with Crippen molar-refractivity contribution >= 4 is 34.3 Å². The van der Waals surface area contributed by atoms with Crippen LogP contribution in [0.25, 0.3) is 11.0 Å². The van der Waals surface area contributed by atoms with E-state index in [2.05, 4.69) is 5.32 Å². The van der Waals surface area contributed by atoms with Crippen molar-refractivity contribution in [3.8, 4) is 0 Å². The molecule has 3 aromatic rings. The van der Waals surface area contributed by atoms with Gasteiger partial charge in [-0.2, -0.15) is 0 Å². The Bertz CT molecular complexity index is 1520. The van der Waals surface area contributed by atoms with Gasteiger partial charge in [0.1, 0.15) is 17.4 Å². The summed E-state index contributed by atoms with van der Waals surface area (Å²) in [6.45, 7) is 1.78. The quantitative estimate of drug-likeness (QED) is 0.429. The van der Waals surface area contributed by atoms with Gasteiger partial charge in [0, 0.05) is 39.9 Å². The van der Waals surface area contributed by atoms with Crippen LogP contribution in [0.15, 0.2) is 79.0 Å². The molecule has 1 aromatic carbocycles. The number of halogens is 1. The molecule has 7 nitrogen and oxygen atoms in total. The van der Waals surface area contributed by atoms with E-state index in [1.165, 1.54) is 6.26 Å². The van der Waals surface area contributed by atoms with Crippen LogP contribution in [0, 0.1) is 0 Å². The number of allylic oxidation sites excluding steroid dienone is 3. The van der Waals surface area contributed by atoms with Gasteiger partial charge in [0.2, 0.25) is 0 Å². The zero-order chi connectivity index (χ0) is 25.7. The molecule has 0 saturated heterocycles. The third-order valence-corrected chi connectivity index (χ3v) is 7.88. The normalized spacial score (nSPS) is 22.4. The van der Waals surface area contributed by atoms with Crippen molar-refractivity contribution in [2.24, 2.45) is 0 Å². The lowest BCUT2D eigenvalue weighted by Gasteiger charge is -2.36. The van der Waals surface area contributed by atoms with Crippen LogP contribution >= 0.6 is 11.6 Å². The van der Waals surface area contributed by atoms with Gasteiger partial charge in [0.15, 0.2) is 11.2 Å². The van der Waals surface area contributed by atoms with Gasteiger partial charge in [-0.3, -0.25) is 9.59 Å². The molecule has 1 saturated carbocycles. The van der Waals surface area contributed by atoms with Gasteiger partial charge in [-0.1, -0.05) is 11.6 Å². The number of ether oxygens (including phenoxy) is 1. The van der Waals surface area contributed by atoms with Crippen LogP contribution in [0.5, 0.6) is 0 Å². The second-order valence-electron chi connectivity index (χ2n) is 10.0. The average molecular weight is 520 g/mol. The molecule has 1 N–H and O–H groups in total. The molecular weight excluding hydrogens is 494 g/mol. The Morgan fingerprint density at radius 2 is 1.92 bits per heavy atom. The van der Waals surface area contributed by atoms with Gasteiger partial charge in [0.25, 0.3) is 0 Å². The Balaban J connectivity index is 1.49. The predicted octanol–water partition coefficient (Wildman–Crippen LogP) is 5.89. The third-order valence-electron chi connectivity index (χ3n) is 7.64. The molecule has 1 aliphatic heterocycles. The highest BCUT2D eigenvalue weighted by Crippen LogP contribution is 2.45. The zero-order valence-electron chi connectivity index (χ0n) is 20.3. The van der Waals surface area contributed by atoms with E-state index in [1.807, 2.05) is 6.07 Å². The summed E-state index contributed by atoms with van der Waals surface area (Å²) in [5.74, 6) is -0.980. The first-order valence-corrected chi connectivity index (χ1v) is 13.0. The molecule has 3 heterocycles. The van der Waals surface area contributed by atoms with Gasteiger partial charge in [-0.25, -0.2) is 4.79 Å². The summed E-state index contributed by atoms with van der Waals surface area (Å²) in [5, 5.41) is 3.99. The van der Waals surface area contributed by atoms with E-state index in [0.717, 1.165) is 31.4 Å². The van der Waals surface area contributed by atoms with Crippen LogP contribution in [0.4, 0.5) is 0 Å². The van der Waals surface area contributed by atoms with Gasteiger partial charge >= 0.3 is 5.97 Å². The molecule has 2 atom stereocenters. The Morgan fingerprint density at radius 3 is 2.68 bits per heavy atom. The molecule has 1 fully saturated rings. The van der Waals surface area contributed by atoms with Crippen molar-refractivity contribution in [1.82, 2.24) is 5.32 Å². The Morgan fingerprint density at radius 1 is 1.11 bits per heavy atom. The molecule has 190 valence electrons. The first kappa shape index (κ1) is 23.8. The number of dihydropyridines is 1. The van der Waals surface area contributed by atoms with Crippen molar-refractivity contribution in [2.75, 3.05) is 0 Å². The monoisotopic (exact) mass is 519 g/mol. The Labute approximate surface area is 218 Å². The predicted molar refractivity (Wildman–Crippen MR) is 137 cm³/mol. The van der Waals surface area contributed by atoms with Crippen LogP contribution in [0.2, 0.25) is 5.02 Å². The van der Waals surface area contributed by atoms with Crippen LogP contribution < -0.4 is 10.7 Å². The molecule has 2 aliphatic carbocycles. The SMILES string of the molecule is CC1=C(C(=O)OC2CCCC2)[C@H](c2coc3ccc(Cl)cc3c2=O)C2=C(C[C@@H](c3ccco3)CC2=O)N1. The van der Waals surface area contributed by atoms with Crippen LogP contribution in [0.3, 0.4) is 0 Å². The van der Waals surface area contributed by atoms with Crippen LogP contribution in [-0.2, 0) is 14.3 Å². The number of carbonyl (C=O) groups excluding carboxylic acids is 2. The molecule has 0 radical (unpaired) electrons. The summed E-state index contributed by atoms with van der Waals surface area (Å²) in [5.41, 5.74) is 2.18. The topological polar surface area (TPSA) is 98.8 Å². The van der Waals surface area contributed by atoms with Gasteiger partial charge in [-0.05, 0) is 69.4 Å². The lowest BCUT2D eigenvalue weighted by molar-refractivity contribution is -0.144. The van der Waals surface area contributed by atoms with E-state index in [0.29, 0.717) is 39.4 Å². The second kappa shape index (κ2) is 9.38.